The zero-order chi connectivity index (χ0) is 26.3. The lowest BCUT2D eigenvalue weighted by Gasteiger charge is -2.47. The second kappa shape index (κ2) is 9.89. The molecule has 0 spiro atoms. The number of ether oxygens (including phenoxy) is 1. The number of hydrogen-bond acceptors (Lipinski definition) is 5. The van der Waals surface area contributed by atoms with Gasteiger partial charge in [0.2, 0.25) is 5.91 Å². The summed E-state index contributed by atoms with van der Waals surface area (Å²) in [6.07, 6.45) is 4.29. The maximum Gasteiger partial charge on any atom is 0.340 e. The Morgan fingerprint density at radius 3 is 2.76 bits per heavy atom. The van der Waals surface area contributed by atoms with Crippen molar-refractivity contribution in [1.29, 1.82) is 0 Å². The van der Waals surface area contributed by atoms with Crippen LogP contribution < -0.4 is 10.4 Å². The van der Waals surface area contributed by atoms with Crippen molar-refractivity contribution >= 4 is 16.9 Å². The first kappa shape index (κ1) is 25.4. The van der Waals surface area contributed by atoms with Crippen molar-refractivity contribution in [2.45, 2.75) is 64.6 Å². The molecule has 1 aromatic heterocycles. The lowest BCUT2D eigenvalue weighted by molar-refractivity contribution is -0.142. The van der Waals surface area contributed by atoms with E-state index < -0.39 is 22.9 Å². The molecular formula is C29H31F2NO5. The summed E-state index contributed by atoms with van der Waals surface area (Å²) in [4.78, 5) is 27.9. The fourth-order valence-electron chi connectivity index (χ4n) is 5.79. The monoisotopic (exact) mass is 511 g/mol. The molecule has 2 heterocycles. The fourth-order valence-corrected chi connectivity index (χ4v) is 5.79. The van der Waals surface area contributed by atoms with Gasteiger partial charge in [0.25, 0.3) is 0 Å². The Balaban J connectivity index is 1.35. The lowest BCUT2D eigenvalue weighted by Crippen LogP contribution is -2.55. The van der Waals surface area contributed by atoms with E-state index >= 15 is 0 Å². The van der Waals surface area contributed by atoms with Gasteiger partial charge in [-0.2, -0.15) is 0 Å². The molecule has 2 fully saturated rings. The zero-order valence-electron chi connectivity index (χ0n) is 21.1. The molecule has 196 valence electrons. The molecule has 1 N–H and O–H groups in total. The Morgan fingerprint density at radius 1 is 1.16 bits per heavy atom. The smallest absolute Gasteiger partial charge is 0.340 e. The highest BCUT2D eigenvalue weighted by Gasteiger charge is 2.43. The molecule has 0 radical (unpaired) electrons. The molecule has 6 nitrogen and oxygen atoms in total. The van der Waals surface area contributed by atoms with E-state index in [0.717, 1.165) is 31.7 Å². The molecule has 2 atom stereocenters. The van der Waals surface area contributed by atoms with Crippen molar-refractivity contribution in [2.75, 3.05) is 13.1 Å². The first-order valence-electron chi connectivity index (χ1n) is 12.8. The first-order chi connectivity index (χ1) is 17.7. The third kappa shape index (κ3) is 4.87. The van der Waals surface area contributed by atoms with Crippen molar-refractivity contribution in [1.82, 2.24) is 4.90 Å². The average Bonchev–Trinajstić information content (AvgIpc) is 2.86. The van der Waals surface area contributed by atoms with Gasteiger partial charge in [-0.25, -0.2) is 13.6 Å². The maximum atomic E-state index is 14.0. The van der Waals surface area contributed by atoms with Crippen LogP contribution in [0.4, 0.5) is 8.78 Å². The zero-order valence-corrected chi connectivity index (χ0v) is 21.1. The van der Waals surface area contributed by atoms with E-state index in [2.05, 4.69) is 0 Å². The molecule has 1 saturated heterocycles. The van der Waals surface area contributed by atoms with E-state index in [1.54, 1.807) is 30.9 Å². The predicted octanol–water partition coefficient (Wildman–Crippen LogP) is 4.96. The summed E-state index contributed by atoms with van der Waals surface area (Å²) in [6, 6.07) is 6.77. The molecular weight excluding hydrogens is 480 g/mol. The third-order valence-corrected chi connectivity index (χ3v) is 8.16. The Morgan fingerprint density at radius 2 is 1.97 bits per heavy atom. The minimum atomic E-state index is -0.697. The number of hydrogen-bond donors (Lipinski definition) is 1. The van der Waals surface area contributed by atoms with Crippen LogP contribution in [-0.2, 0) is 17.8 Å². The molecule has 1 aliphatic carbocycles. The molecule has 1 amide bonds. The van der Waals surface area contributed by atoms with E-state index in [1.807, 2.05) is 0 Å². The van der Waals surface area contributed by atoms with E-state index in [0.29, 0.717) is 52.9 Å². The molecule has 2 aliphatic rings. The number of likely N-dealkylation sites (tertiary alicyclic amines) is 1. The van der Waals surface area contributed by atoms with Crippen LogP contribution in [0.5, 0.6) is 5.75 Å². The molecule has 1 saturated carbocycles. The van der Waals surface area contributed by atoms with Crippen LogP contribution in [0.15, 0.2) is 39.5 Å². The standard InChI is InChI=1S/C29H31F2NO5/c1-17-22-8-9-25(36-16-19-6-7-21(30)13-24(19)31)18(2)27(22)37-28(34)23(17)14-26(33)32-12-11-29(35)10-4-3-5-20(29)15-32/h6-9,13,20,35H,3-5,10-12,14-16H2,1-2H3/t20-,29+/m1/s1. The number of piperidine rings is 1. The SMILES string of the molecule is Cc1c(CC(=O)N2CC[C@@]3(O)CCCC[C@@H]3C2)c(=O)oc2c(C)c(OCc3ccc(F)cc3F)ccc12. The summed E-state index contributed by atoms with van der Waals surface area (Å²) in [5, 5.41) is 11.6. The van der Waals surface area contributed by atoms with Crippen molar-refractivity contribution < 1.29 is 27.8 Å². The van der Waals surface area contributed by atoms with Gasteiger partial charge >= 0.3 is 5.63 Å². The molecule has 3 aromatic rings. The summed E-state index contributed by atoms with van der Waals surface area (Å²) in [7, 11) is 0. The minimum absolute atomic E-state index is 0.0591. The van der Waals surface area contributed by atoms with Gasteiger partial charge < -0.3 is 19.2 Å². The number of carbonyl (C=O) groups excluding carboxylic acids is 1. The second-order valence-corrected chi connectivity index (χ2v) is 10.4. The quantitative estimate of drug-likeness (QED) is 0.490. The first-order valence-corrected chi connectivity index (χ1v) is 12.8. The third-order valence-electron chi connectivity index (χ3n) is 8.16. The van der Waals surface area contributed by atoms with E-state index in [4.69, 9.17) is 9.15 Å². The summed E-state index contributed by atoms with van der Waals surface area (Å²) in [6.45, 7) is 4.43. The molecule has 0 bridgehead atoms. The topological polar surface area (TPSA) is 80.0 Å². The number of aryl methyl sites for hydroxylation is 2. The number of aliphatic hydroxyl groups is 1. The maximum absolute atomic E-state index is 14.0. The summed E-state index contributed by atoms with van der Waals surface area (Å²) in [5.74, 6) is -1.00. The predicted molar refractivity (Wildman–Crippen MR) is 134 cm³/mol. The second-order valence-electron chi connectivity index (χ2n) is 10.4. The Labute approximate surface area is 213 Å². The van der Waals surface area contributed by atoms with Crippen LogP contribution in [0.2, 0.25) is 0 Å². The number of amides is 1. The fraction of sp³-hybridized carbons (Fsp3) is 0.448. The molecule has 1 aliphatic heterocycles. The Hall–Kier alpha value is -3.26. The van der Waals surface area contributed by atoms with Crippen LogP contribution >= 0.6 is 0 Å². The largest absolute Gasteiger partial charge is 0.488 e. The normalized spacial score (nSPS) is 21.6. The van der Waals surface area contributed by atoms with Crippen LogP contribution in [-0.4, -0.2) is 34.6 Å². The molecule has 8 heteroatoms. The average molecular weight is 512 g/mol. The van der Waals surface area contributed by atoms with Gasteiger partial charge in [0.15, 0.2) is 0 Å². The van der Waals surface area contributed by atoms with Crippen LogP contribution in [0.25, 0.3) is 11.0 Å². The summed E-state index contributed by atoms with van der Waals surface area (Å²) < 4.78 is 38.5. The van der Waals surface area contributed by atoms with Gasteiger partial charge in [0.1, 0.15) is 29.6 Å². The van der Waals surface area contributed by atoms with E-state index in [9.17, 15) is 23.5 Å². The minimum Gasteiger partial charge on any atom is -0.488 e. The van der Waals surface area contributed by atoms with Gasteiger partial charge in [-0.05, 0) is 62.9 Å². The highest BCUT2D eigenvalue weighted by molar-refractivity contribution is 5.87. The van der Waals surface area contributed by atoms with Gasteiger partial charge in [-0.3, -0.25) is 4.79 Å². The number of fused-ring (bicyclic) bond motifs is 2. The number of carbonyl (C=O) groups is 1. The molecule has 37 heavy (non-hydrogen) atoms. The number of halogens is 2. The summed E-state index contributed by atoms with van der Waals surface area (Å²) >= 11 is 0. The lowest BCUT2D eigenvalue weighted by atomic mass is 9.71. The highest BCUT2D eigenvalue weighted by atomic mass is 19.1. The van der Waals surface area contributed by atoms with E-state index in [1.165, 1.54) is 12.1 Å². The van der Waals surface area contributed by atoms with Gasteiger partial charge in [-0.15, -0.1) is 0 Å². The van der Waals surface area contributed by atoms with Crippen molar-refractivity contribution in [2.24, 2.45) is 5.92 Å². The van der Waals surface area contributed by atoms with Crippen molar-refractivity contribution in [3.8, 4) is 5.75 Å². The Kier molecular flexibility index (Phi) is 6.79. The van der Waals surface area contributed by atoms with Crippen LogP contribution in [0.3, 0.4) is 0 Å². The van der Waals surface area contributed by atoms with Crippen LogP contribution in [0.1, 0.15) is 54.4 Å². The Bertz CT molecular complexity index is 1420. The molecule has 2 aromatic carbocycles. The van der Waals surface area contributed by atoms with Crippen molar-refractivity contribution in [3.63, 3.8) is 0 Å². The van der Waals surface area contributed by atoms with E-state index in [-0.39, 0.29) is 30.4 Å². The molecule has 0 unspecified atom stereocenters. The van der Waals surface area contributed by atoms with Gasteiger partial charge in [0, 0.05) is 41.6 Å². The van der Waals surface area contributed by atoms with Gasteiger partial charge in [-0.1, -0.05) is 12.8 Å². The number of nitrogens with zero attached hydrogens (tertiary/aromatic N) is 1. The highest BCUT2D eigenvalue weighted by Crippen LogP contribution is 2.40. The number of rotatable bonds is 5. The van der Waals surface area contributed by atoms with Crippen molar-refractivity contribution in [3.05, 3.63) is 74.6 Å². The van der Waals surface area contributed by atoms with Crippen LogP contribution in [0, 0.1) is 31.4 Å². The van der Waals surface area contributed by atoms with Gasteiger partial charge in [0.05, 0.1) is 17.6 Å². The number of benzene rings is 2. The molecule has 5 rings (SSSR count). The summed E-state index contributed by atoms with van der Waals surface area (Å²) in [5.41, 5.74) is 0.874.